The highest BCUT2D eigenvalue weighted by Gasteiger charge is 2.27. The maximum Gasteiger partial charge on any atom is 0.309 e. The highest BCUT2D eigenvalue weighted by molar-refractivity contribution is 5.90. The third kappa shape index (κ3) is 3.45. The molecule has 1 amide bonds. The minimum Gasteiger partial charge on any atom is -0.412 e. The number of anilines is 1. The van der Waals surface area contributed by atoms with E-state index >= 15 is 0 Å². The minimum atomic E-state index is -0.476. The van der Waals surface area contributed by atoms with Crippen molar-refractivity contribution in [1.82, 2.24) is 25.4 Å². The third-order valence-corrected chi connectivity index (χ3v) is 4.92. The predicted molar refractivity (Wildman–Crippen MR) is 96.7 cm³/mol. The molecule has 10 nitrogen and oxygen atoms in total. The van der Waals surface area contributed by atoms with Gasteiger partial charge in [-0.2, -0.15) is 10.5 Å². The highest BCUT2D eigenvalue weighted by Crippen LogP contribution is 2.31. The largest absolute Gasteiger partial charge is 0.412 e. The molecule has 2 fully saturated rings. The second kappa shape index (κ2) is 7.53. The lowest BCUT2D eigenvalue weighted by Crippen LogP contribution is -2.36. The monoisotopic (exact) mass is 378 g/mol. The second-order valence-electron chi connectivity index (χ2n) is 6.82. The van der Waals surface area contributed by atoms with Crippen LogP contribution in [0.5, 0.6) is 0 Å². The molecule has 2 aromatic heterocycles. The summed E-state index contributed by atoms with van der Waals surface area (Å²) in [5.41, 5.74) is 0.925. The standard InChI is InChI=1S/C18H18N8O2/c19-8-12-7-14(15(21-9-12)26-4-1-2-5-26)17-23-24-18(28-17)16(27)22-13-3-6-25(10-13)11-20/h7,9,13H,1-6,10H2,(H,22,27). The van der Waals surface area contributed by atoms with Gasteiger partial charge in [0.2, 0.25) is 0 Å². The number of hydrogen-bond donors (Lipinski definition) is 1. The van der Waals surface area contributed by atoms with Crippen LogP contribution in [0, 0.1) is 22.8 Å². The van der Waals surface area contributed by atoms with Gasteiger partial charge in [0.1, 0.15) is 11.9 Å². The Morgan fingerprint density at radius 3 is 2.79 bits per heavy atom. The Labute approximate surface area is 161 Å². The summed E-state index contributed by atoms with van der Waals surface area (Å²) in [4.78, 5) is 20.5. The van der Waals surface area contributed by atoms with E-state index in [4.69, 9.17) is 9.68 Å². The van der Waals surface area contributed by atoms with Crippen LogP contribution in [-0.4, -0.2) is 58.2 Å². The maximum atomic E-state index is 12.4. The van der Waals surface area contributed by atoms with Crippen LogP contribution in [0.15, 0.2) is 16.7 Å². The molecular formula is C18H18N8O2. The first kappa shape index (κ1) is 17.7. The zero-order valence-corrected chi connectivity index (χ0v) is 15.1. The van der Waals surface area contributed by atoms with Crippen LogP contribution in [0.4, 0.5) is 5.82 Å². The van der Waals surface area contributed by atoms with E-state index in [1.54, 1.807) is 11.0 Å². The van der Waals surface area contributed by atoms with E-state index in [9.17, 15) is 10.1 Å². The first-order valence-electron chi connectivity index (χ1n) is 9.12. The smallest absolute Gasteiger partial charge is 0.309 e. The number of carbonyl (C=O) groups excluding carboxylic acids is 1. The van der Waals surface area contributed by atoms with E-state index in [-0.39, 0.29) is 17.8 Å². The Balaban J connectivity index is 1.56. The minimum absolute atomic E-state index is 0.133. The number of hydrogen-bond acceptors (Lipinski definition) is 9. The lowest BCUT2D eigenvalue weighted by molar-refractivity contribution is 0.0904. The number of likely N-dealkylation sites (tertiary alicyclic amines) is 1. The molecule has 0 bridgehead atoms. The number of nitrogens with one attached hydrogen (secondary N) is 1. The molecule has 2 saturated heterocycles. The Kier molecular flexibility index (Phi) is 4.77. The summed E-state index contributed by atoms with van der Waals surface area (Å²) in [6, 6.07) is 3.58. The van der Waals surface area contributed by atoms with Gasteiger partial charge in [0.05, 0.1) is 11.1 Å². The van der Waals surface area contributed by atoms with Crippen molar-refractivity contribution in [2.45, 2.75) is 25.3 Å². The summed E-state index contributed by atoms with van der Waals surface area (Å²) in [6.07, 6.45) is 6.41. The van der Waals surface area contributed by atoms with Gasteiger partial charge in [0, 0.05) is 38.4 Å². The molecular weight excluding hydrogens is 360 g/mol. The molecule has 4 rings (SSSR count). The molecule has 0 aliphatic carbocycles. The fraction of sp³-hybridized carbons (Fsp3) is 0.444. The van der Waals surface area contributed by atoms with Crippen molar-refractivity contribution in [3.63, 3.8) is 0 Å². The summed E-state index contributed by atoms with van der Waals surface area (Å²) in [7, 11) is 0. The van der Waals surface area contributed by atoms with Crippen LogP contribution in [0.2, 0.25) is 0 Å². The molecule has 0 spiro atoms. The Morgan fingerprint density at radius 1 is 1.25 bits per heavy atom. The average Bonchev–Trinajstić information content (AvgIpc) is 3.48. The highest BCUT2D eigenvalue weighted by atomic mass is 16.4. The van der Waals surface area contributed by atoms with E-state index in [0.717, 1.165) is 25.9 Å². The summed E-state index contributed by atoms with van der Waals surface area (Å²) >= 11 is 0. The van der Waals surface area contributed by atoms with Crippen molar-refractivity contribution in [2.24, 2.45) is 0 Å². The molecule has 10 heteroatoms. The molecule has 1 atom stereocenters. The van der Waals surface area contributed by atoms with Crippen molar-refractivity contribution in [3.05, 3.63) is 23.7 Å². The van der Waals surface area contributed by atoms with Gasteiger partial charge in [-0.25, -0.2) is 4.98 Å². The van der Waals surface area contributed by atoms with Crippen LogP contribution in [0.1, 0.15) is 35.5 Å². The van der Waals surface area contributed by atoms with Crippen molar-refractivity contribution < 1.29 is 9.21 Å². The van der Waals surface area contributed by atoms with E-state index in [2.05, 4.69) is 37.7 Å². The molecule has 2 aromatic rings. The van der Waals surface area contributed by atoms with Gasteiger partial charge in [0.25, 0.3) is 5.89 Å². The van der Waals surface area contributed by atoms with Gasteiger partial charge in [-0.05, 0) is 25.3 Å². The number of nitrogens with zero attached hydrogens (tertiary/aromatic N) is 7. The van der Waals surface area contributed by atoms with Gasteiger partial charge < -0.3 is 19.5 Å². The molecule has 0 aromatic carbocycles. The zero-order chi connectivity index (χ0) is 19.5. The van der Waals surface area contributed by atoms with Gasteiger partial charge in [0.15, 0.2) is 6.19 Å². The molecule has 0 radical (unpaired) electrons. The Bertz CT molecular complexity index is 967. The van der Waals surface area contributed by atoms with Crippen molar-refractivity contribution in [2.75, 3.05) is 31.1 Å². The third-order valence-electron chi connectivity index (χ3n) is 4.92. The van der Waals surface area contributed by atoms with Crippen molar-refractivity contribution in [1.29, 1.82) is 10.5 Å². The van der Waals surface area contributed by atoms with E-state index in [1.165, 1.54) is 6.20 Å². The fourth-order valence-corrected chi connectivity index (χ4v) is 3.50. The van der Waals surface area contributed by atoms with Crippen LogP contribution < -0.4 is 10.2 Å². The lowest BCUT2D eigenvalue weighted by atomic mass is 10.2. The number of carbonyl (C=O) groups is 1. The molecule has 28 heavy (non-hydrogen) atoms. The number of nitriles is 2. The number of pyridine rings is 1. The van der Waals surface area contributed by atoms with Gasteiger partial charge >= 0.3 is 11.8 Å². The van der Waals surface area contributed by atoms with Crippen LogP contribution in [0.3, 0.4) is 0 Å². The quantitative estimate of drug-likeness (QED) is 0.769. The second-order valence-corrected chi connectivity index (χ2v) is 6.82. The molecule has 0 saturated carbocycles. The summed E-state index contributed by atoms with van der Waals surface area (Å²) < 4.78 is 5.61. The van der Waals surface area contributed by atoms with E-state index in [0.29, 0.717) is 36.5 Å². The van der Waals surface area contributed by atoms with E-state index in [1.807, 2.05) is 0 Å². The van der Waals surface area contributed by atoms with Gasteiger partial charge in [-0.3, -0.25) is 4.79 Å². The SMILES string of the molecule is N#Cc1cnc(N2CCCC2)c(-c2nnc(C(=O)NC3CCN(C#N)C3)o2)c1. The number of rotatable bonds is 4. The molecule has 1 unspecified atom stereocenters. The van der Waals surface area contributed by atoms with Crippen LogP contribution in [0.25, 0.3) is 11.5 Å². The summed E-state index contributed by atoms with van der Waals surface area (Å²) in [6.45, 7) is 2.81. The lowest BCUT2D eigenvalue weighted by Gasteiger charge is -2.18. The molecule has 4 heterocycles. The molecule has 2 aliphatic heterocycles. The summed E-state index contributed by atoms with van der Waals surface area (Å²) in [5.74, 6) is 0.199. The zero-order valence-electron chi connectivity index (χ0n) is 15.1. The van der Waals surface area contributed by atoms with Crippen molar-refractivity contribution in [3.8, 4) is 23.7 Å². The number of aromatic nitrogens is 3. The first-order chi connectivity index (χ1) is 13.7. The molecule has 142 valence electrons. The maximum absolute atomic E-state index is 12.4. The Morgan fingerprint density at radius 2 is 2.07 bits per heavy atom. The van der Waals surface area contributed by atoms with Crippen LogP contribution >= 0.6 is 0 Å². The van der Waals surface area contributed by atoms with Gasteiger partial charge in [-0.1, -0.05) is 0 Å². The van der Waals surface area contributed by atoms with E-state index < -0.39 is 5.91 Å². The van der Waals surface area contributed by atoms with Crippen LogP contribution in [-0.2, 0) is 0 Å². The average molecular weight is 378 g/mol. The molecule has 2 aliphatic rings. The van der Waals surface area contributed by atoms with Crippen molar-refractivity contribution >= 4 is 11.7 Å². The van der Waals surface area contributed by atoms with Gasteiger partial charge in [-0.15, -0.1) is 10.2 Å². The normalized spacial score (nSPS) is 18.7. The first-order valence-corrected chi connectivity index (χ1v) is 9.12. The fourth-order valence-electron chi connectivity index (χ4n) is 3.50. The Hall–Kier alpha value is -3.66. The predicted octanol–water partition coefficient (Wildman–Crippen LogP) is 0.889. The molecule has 1 N–H and O–H groups in total. The summed E-state index contributed by atoms with van der Waals surface area (Å²) in [5, 5.41) is 28.8. The number of amides is 1. The topological polar surface area (TPSA) is 135 Å².